The van der Waals surface area contributed by atoms with Gasteiger partial charge in [0.25, 0.3) is 0 Å². The largest absolute Gasteiger partial charge is 0.469 e. The molecule has 1 aromatic heterocycles. The summed E-state index contributed by atoms with van der Waals surface area (Å²) in [6.07, 6.45) is 4.73. The van der Waals surface area contributed by atoms with Gasteiger partial charge in [0, 0.05) is 30.5 Å². The van der Waals surface area contributed by atoms with E-state index in [1.807, 2.05) is 6.07 Å². The SMILES string of the molecule is CN1/C(=C/C2=[N+](C)c3ccc4ccccc4c3C2(C)Cc2ccco2)Oc2c1ccc1ccccc21. The van der Waals surface area contributed by atoms with Crippen molar-refractivity contribution in [2.24, 2.45) is 0 Å². The highest BCUT2D eigenvalue weighted by Gasteiger charge is 2.49. The molecule has 4 heteroatoms. The first kappa shape index (κ1) is 21.0. The molecule has 0 spiro atoms. The minimum atomic E-state index is -0.309. The third-order valence-electron chi connectivity index (χ3n) is 7.87. The quantitative estimate of drug-likeness (QED) is 0.261. The number of hydrogen-bond donors (Lipinski definition) is 0. The van der Waals surface area contributed by atoms with E-state index in [4.69, 9.17) is 9.15 Å². The van der Waals surface area contributed by atoms with Crippen molar-refractivity contribution in [2.45, 2.75) is 18.8 Å². The highest BCUT2D eigenvalue weighted by atomic mass is 16.5. The van der Waals surface area contributed by atoms with Gasteiger partial charge in [0.1, 0.15) is 12.8 Å². The van der Waals surface area contributed by atoms with Crippen molar-refractivity contribution in [3.63, 3.8) is 0 Å². The normalized spacial score (nSPS) is 19.9. The molecule has 1 atom stereocenters. The molecule has 2 aliphatic heterocycles. The van der Waals surface area contributed by atoms with Gasteiger partial charge in [-0.05, 0) is 47.3 Å². The molecule has 0 amide bonds. The average Bonchev–Trinajstić information content (AvgIpc) is 3.58. The fraction of sp³-hybridized carbons (Fsp3) is 0.156. The highest BCUT2D eigenvalue weighted by molar-refractivity contribution is 6.09. The van der Waals surface area contributed by atoms with Crippen LogP contribution in [-0.4, -0.2) is 24.4 Å². The Bertz CT molecular complexity index is 1730. The Morgan fingerprint density at radius 1 is 0.861 bits per heavy atom. The highest BCUT2D eigenvalue weighted by Crippen LogP contribution is 2.48. The third-order valence-corrected chi connectivity index (χ3v) is 7.87. The van der Waals surface area contributed by atoms with Crippen molar-refractivity contribution in [2.75, 3.05) is 19.0 Å². The van der Waals surface area contributed by atoms with Crippen molar-refractivity contribution in [1.82, 2.24) is 0 Å². The van der Waals surface area contributed by atoms with Crippen molar-refractivity contribution in [1.29, 1.82) is 0 Å². The molecule has 176 valence electrons. The zero-order valence-corrected chi connectivity index (χ0v) is 20.7. The minimum Gasteiger partial charge on any atom is -0.469 e. The number of allylic oxidation sites excluding steroid dienone is 1. The topological polar surface area (TPSA) is 28.6 Å². The standard InChI is InChI=1S/C32H27N2O2/c1-32(20-23-11-8-18-35-23)28(33(2)26-16-14-21-9-4-6-12-24(21)30(26)32)19-29-34(3)27-17-15-22-10-5-7-13-25(22)31(27)36-29/h4-19H,20H2,1-3H3/q+1. The van der Waals surface area contributed by atoms with E-state index in [-0.39, 0.29) is 5.41 Å². The number of fused-ring (bicyclic) bond motifs is 6. The number of hydrogen-bond acceptors (Lipinski definition) is 3. The molecule has 0 bridgehead atoms. The van der Waals surface area contributed by atoms with E-state index >= 15 is 0 Å². The van der Waals surface area contributed by atoms with Crippen LogP contribution < -0.4 is 9.64 Å². The lowest BCUT2D eigenvalue weighted by atomic mass is 9.74. The predicted molar refractivity (Wildman–Crippen MR) is 146 cm³/mol. The maximum Gasteiger partial charge on any atom is 0.210 e. The first-order valence-electron chi connectivity index (χ1n) is 12.4. The van der Waals surface area contributed by atoms with Crippen molar-refractivity contribution < 1.29 is 13.7 Å². The third kappa shape index (κ3) is 2.91. The van der Waals surface area contributed by atoms with E-state index in [0.29, 0.717) is 0 Å². The summed E-state index contributed by atoms with van der Waals surface area (Å²) < 4.78 is 14.8. The van der Waals surface area contributed by atoms with Gasteiger partial charge >= 0.3 is 0 Å². The fourth-order valence-electron chi connectivity index (χ4n) is 6.08. The van der Waals surface area contributed by atoms with Gasteiger partial charge in [-0.3, -0.25) is 0 Å². The molecule has 4 aromatic carbocycles. The van der Waals surface area contributed by atoms with Crippen LogP contribution in [0.3, 0.4) is 0 Å². The van der Waals surface area contributed by atoms with Crippen LogP contribution in [0.4, 0.5) is 11.4 Å². The van der Waals surface area contributed by atoms with Gasteiger partial charge in [0.2, 0.25) is 11.6 Å². The van der Waals surface area contributed by atoms with Gasteiger partial charge < -0.3 is 14.1 Å². The molecule has 7 rings (SSSR count). The second-order valence-electron chi connectivity index (χ2n) is 9.99. The van der Waals surface area contributed by atoms with Gasteiger partial charge in [0.05, 0.1) is 23.4 Å². The monoisotopic (exact) mass is 471 g/mol. The Labute approximate surface area is 210 Å². The summed E-state index contributed by atoms with van der Waals surface area (Å²) in [4.78, 5) is 2.15. The van der Waals surface area contributed by atoms with E-state index in [2.05, 4.69) is 115 Å². The van der Waals surface area contributed by atoms with Crippen LogP contribution in [-0.2, 0) is 11.8 Å². The van der Waals surface area contributed by atoms with Crippen LogP contribution in [0, 0.1) is 0 Å². The Balaban J connectivity index is 1.41. The molecule has 0 fully saturated rings. The lowest BCUT2D eigenvalue weighted by Crippen LogP contribution is -2.34. The van der Waals surface area contributed by atoms with Crippen LogP contribution in [0.1, 0.15) is 18.2 Å². The van der Waals surface area contributed by atoms with Crippen molar-refractivity contribution >= 4 is 38.6 Å². The summed E-state index contributed by atoms with van der Waals surface area (Å²) in [5.74, 6) is 2.71. The van der Waals surface area contributed by atoms with Gasteiger partial charge in [0.15, 0.2) is 11.5 Å². The summed E-state index contributed by atoms with van der Waals surface area (Å²) >= 11 is 0. The maximum absolute atomic E-state index is 6.57. The van der Waals surface area contributed by atoms with E-state index in [9.17, 15) is 0 Å². The average molecular weight is 472 g/mol. The molecule has 0 saturated heterocycles. The van der Waals surface area contributed by atoms with Crippen LogP contribution >= 0.6 is 0 Å². The van der Waals surface area contributed by atoms with Gasteiger partial charge in [-0.1, -0.05) is 54.6 Å². The second-order valence-corrected chi connectivity index (χ2v) is 9.99. The Hall–Kier alpha value is -4.31. The molecule has 2 aliphatic rings. The van der Waals surface area contributed by atoms with Crippen molar-refractivity contribution in [3.05, 3.63) is 114 Å². The molecule has 4 nitrogen and oxygen atoms in total. The molecular formula is C32H27N2O2+. The van der Waals surface area contributed by atoms with E-state index in [1.165, 1.54) is 33.1 Å². The Kier molecular flexibility index (Phi) is 4.43. The van der Waals surface area contributed by atoms with Gasteiger partial charge in [-0.25, -0.2) is 0 Å². The first-order valence-corrected chi connectivity index (χ1v) is 12.4. The summed E-state index contributed by atoms with van der Waals surface area (Å²) in [5, 5.41) is 4.83. The van der Waals surface area contributed by atoms with Crippen LogP contribution in [0.5, 0.6) is 5.75 Å². The summed E-state index contributed by atoms with van der Waals surface area (Å²) in [6.45, 7) is 2.33. The van der Waals surface area contributed by atoms with Gasteiger partial charge in [-0.2, -0.15) is 4.58 Å². The molecule has 3 heterocycles. The lowest BCUT2D eigenvalue weighted by molar-refractivity contribution is -0.401. The number of nitrogens with zero attached hydrogens (tertiary/aromatic N) is 2. The smallest absolute Gasteiger partial charge is 0.210 e. The predicted octanol–water partition coefficient (Wildman–Crippen LogP) is 7.19. The van der Waals surface area contributed by atoms with E-state index < -0.39 is 0 Å². The molecule has 1 unspecified atom stereocenters. The first-order chi connectivity index (χ1) is 17.5. The van der Waals surface area contributed by atoms with Crippen LogP contribution in [0.25, 0.3) is 21.5 Å². The zero-order valence-electron chi connectivity index (χ0n) is 20.7. The van der Waals surface area contributed by atoms with Crippen LogP contribution in [0.15, 0.2) is 108 Å². The van der Waals surface area contributed by atoms with Crippen molar-refractivity contribution in [3.8, 4) is 5.75 Å². The summed E-state index contributed by atoms with van der Waals surface area (Å²) in [5.41, 5.74) is 4.51. The summed E-state index contributed by atoms with van der Waals surface area (Å²) in [6, 6.07) is 29.8. The lowest BCUT2D eigenvalue weighted by Gasteiger charge is -2.23. The molecular weight excluding hydrogens is 444 g/mol. The van der Waals surface area contributed by atoms with E-state index in [1.54, 1.807) is 6.26 Å². The van der Waals surface area contributed by atoms with Gasteiger partial charge in [-0.15, -0.1) is 0 Å². The number of rotatable bonds is 3. The fourth-order valence-corrected chi connectivity index (χ4v) is 6.08. The number of furan rings is 1. The molecule has 36 heavy (non-hydrogen) atoms. The Morgan fingerprint density at radius 3 is 2.36 bits per heavy atom. The molecule has 0 N–H and O–H groups in total. The summed E-state index contributed by atoms with van der Waals surface area (Å²) in [7, 11) is 4.24. The number of anilines is 1. The molecule has 0 saturated carbocycles. The maximum atomic E-state index is 6.57. The minimum absolute atomic E-state index is 0.309. The van der Waals surface area contributed by atoms with E-state index in [0.717, 1.165) is 34.9 Å². The Morgan fingerprint density at radius 2 is 1.58 bits per heavy atom. The molecule has 0 aliphatic carbocycles. The molecule has 5 aromatic rings. The van der Waals surface area contributed by atoms with Crippen LogP contribution in [0.2, 0.25) is 0 Å². The second kappa shape index (κ2) is 7.59. The number of ether oxygens (including phenoxy) is 1. The molecule has 0 radical (unpaired) electrons. The number of benzene rings is 4. The zero-order chi connectivity index (χ0) is 24.4.